The summed E-state index contributed by atoms with van der Waals surface area (Å²) in [5, 5.41) is 9.88. The van der Waals surface area contributed by atoms with Crippen LogP contribution in [0.4, 0.5) is 10.2 Å². The molecule has 3 aromatic carbocycles. The first-order valence-corrected chi connectivity index (χ1v) is 16.5. The summed E-state index contributed by atoms with van der Waals surface area (Å²) in [7, 11) is 0. The molecule has 6 aromatic rings. The Morgan fingerprint density at radius 3 is 2.64 bits per heavy atom. The van der Waals surface area contributed by atoms with Gasteiger partial charge in [-0.1, -0.05) is 18.2 Å². The first kappa shape index (κ1) is 28.5. The molecule has 0 spiro atoms. The van der Waals surface area contributed by atoms with Gasteiger partial charge >= 0.3 is 0 Å². The maximum Gasteiger partial charge on any atom is 0.130 e. The van der Waals surface area contributed by atoms with Gasteiger partial charge in [0.1, 0.15) is 29.7 Å². The average molecular weight is 714 g/mol. The Hall–Kier alpha value is -4.00. The molecule has 0 bridgehead atoms. The van der Waals surface area contributed by atoms with Gasteiger partial charge in [-0.2, -0.15) is 5.10 Å². The molecule has 2 fully saturated rings. The number of ether oxygens (including phenoxy) is 1. The number of aromatic amines is 2. The third-order valence-electron chi connectivity index (χ3n) is 8.85. The Balaban J connectivity index is 1.12. The summed E-state index contributed by atoms with van der Waals surface area (Å²) in [6.07, 6.45) is 2.47. The first-order valence-electron chi connectivity index (χ1n) is 15.4. The van der Waals surface area contributed by atoms with E-state index in [1.807, 2.05) is 30.3 Å². The number of nitrogens with one attached hydrogen (secondary N) is 2. The van der Waals surface area contributed by atoms with Crippen LogP contribution >= 0.6 is 22.6 Å². The second kappa shape index (κ2) is 11.7. The molecule has 0 amide bonds. The van der Waals surface area contributed by atoms with E-state index in [-0.39, 0.29) is 11.9 Å². The fourth-order valence-corrected chi connectivity index (χ4v) is 7.08. The fraction of sp³-hybridized carbons (Fsp3) is 0.257. The highest BCUT2D eigenvalue weighted by molar-refractivity contribution is 14.1. The SMILES string of the molecule is NC1CN(c2cc(I)cc(-c3ccc4[nH]nc(-c5cc6c(-c7cc(F)cc(OCCN8CCCC8)c7)cccc6[nH]5)c4c3)n2)C1. The molecule has 0 aliphatic carbocycles. The van der Waals surface area contributed by atoms with Gasteiger partial charge in [0.2, 0.25) is 0 Å². The number of benzene rings is 3. The van der Waals surface area contributed by atoms with Crippen molar-refractivity contribution in [1.29, 1.82) is 0 Å². The Morgan fingerprint density at radius 1 is 0.933 bits per heavy atom. The molecule has 8 rings (SSSR count). The standard InChI is InChI=1S/C35H33FIN7O/c36-23-12-22(13-26(15-23)45-11-10-43-8-1-2-9-43)27-4-3-5-30-28(27)18-33(39-30)35-29-14-21(6-7-31(29)41-42-35)32-16-24(37)17-34(40-32)44-19-25(38)20-44/h3-7,12-18,25,39H,1-2,8-11,19-20,38H2,(H,41,42). The van der Waals surface area contributed by atoms with Crippen molar-refractivity contribution in [2.45, 2.75) is 18.9 Å². The third kappa shape index (κ3) is 5.66. The molecule has 0 saturated carbocycles. The van der Waals surface area contributed by atoms with Crippen LogP contribution in [0.2, 0.25) is 0 Å². The van der Waals surface area contributed by atoms with Crippen LogP contribution in [0.5, 0.6) is 5.75 Å². The highest BCUT2D eigenvalue weighted by atomic mass is 127. The highest BCUT2D eigenvalue weighted by Gasteiger charge is 2.25. The van der Waals surface area contributed by atoms with Gasteiger partial charge in [-0.05, 0) is 108 Å². The van der Waals surface area contributed by atoms with Crippen LogP contribution in [0.15, 0.2) is 72.8 Å². The monoisotopic (exact) mass is 713 g/mol. The molecule has 2 saturated heterocycles. The van der Waals surface area contributed by atoms with Crippen molar-refractivity contribution in [2.24, 2.45) is 5.73 Å². The number of aromatic nitrogens is 4. The van der Waals surface area contributed by atoms with E-state index >= 15 is 0 Å². The van der Waals surface area contributed by atoms with E-state index in [0.717, 1.165) is 97.7 Å². The van der Waals surface area contributed by atoms with Gasteiger partial charge < -0.3 is 20.4 Å². The van der Waals surface area contributed by atoms with Gasteiger partial charge in [-0.15, -0.1) is 0 Å². The Bertz CT molecular complexity index is 2030. The molecule has 0 unspecified atom stereocenters. The van der Waals surface area contributed by atoms with E-state index < -0.39 is 0 Å². The first-order chi connectivity index (χ1) is 22.0. The van der Waals surface area contributed by atoms with Gasteiger partial charge in [0.15, 0.2) is 0 Å². The summed E-state index contributed by atoms with van der Waals surface area (Å²) in [5.74, 6) is 1.19. The second-order valence-electron chi connectivity index (χ2n) is 12.0. The zero-order valence-corrected chi connectivity index (χ0v) is 26.9. The fourth-order valence-electron chi connectivity index (χ4n) is 6.51. The number of fused-ring (bicyclic) bond motifs is 2. The van der Waals surface area contributed by atoms with Crippen molar-refractivity contribution >= 4 is 50.2 Å². The van der Waals surface area contributed by atoms with Crippen molar-refractivity contribution in [3.8, 4) is 39.5 Å². The Kier molecular flexibility index (Phi) is 7.43. The molecular weight excluding hydrogens is 680 g/mol. The minimum absolute atomic E-state index is 0.204. The molecule has 45 heavy (non-hydrogen) atoms. The number of halogens is 2. The van der Waals surface area contributed by atoms with E-state index in [1.54, 1.807) is 6.07 Å². The summed E-state index contributed by atoms with van der Waals surface area (Å²) >= 11 is 2.35. The van der Waals surface area contributed by atoms with Crippen LogP contribution < -0.4 is 15.4 Å². The number of nitrogens with zero attached hydrogens (tertiary/aromatic N) is 4. The molecule has 5 heterocycles. The van der Waals surface area contributed by atoms with Gasteiger partial charge in [0, 0.05) is 57.2 Å². The number of anilines is 1. The number of nitrogens with two attached hydrogens (primary N) is 1. The molecule has 4 N–H and O–H groups in total. The van der Waals surface area contributed by atoms with E-state index in [1.165, 1.54) is 18.9 Å². The van der Waals surface area contributed by atoms with Crippen molar-refractivity contribution in [1.82, 2.24) is 25.1 Å². The number of hydrogen-bond acceptors (Lipinski definition) is 6. The van der Waals surface area contributed by atoms with Gasteiger partial charge in [0.25, 0.3) is 0 Å². The lowest BCUT2D eigenvalue weighted by molar-refractivity contribution is 0.237. The Morgan fingerprint density at radius 2 is 1.80 bits per heavy atom. The van der Waals surface area contributed by atoms with Crippen molar-refractivity contribution in [3.05, 3.63) is 82.2 Å². The zero-order valence-electron chi connectivity index (χ0n) is 24.7. The zero-order chi connectivity index (χ0) is 30.5. The largest absolute Gasteiger partial charge is 0.492 e. The van der Waals surface area contributed by atoms with Crippen LogP contribution in [0.1, 0.15) is 12.8 Å². The highest BCUT2D eigenvalue weighted by Crippen LogP contribution is 2.37. The molecular formula is C35H33FIN7O. The molecule has 0 atom stereocenters. The maximum absolute atomic E-state index is 14.8. The lowest BCUT2D eigenvalue weighted by Crippen LogP contribution is -2.56. The number of rotatable bonds is 8. The van der Waals surface area contributed by atoms with E-state index in [4.69, 9.17) is 20.6 Å². The normalized spacial score (nSPS) is 15.8. The molecule has 2 aliphatic rings. The lowest BCUT2D eigenvalue weighted by Gasteiger charge is -2.38. The van der Waals surface area contributed by atoms with Crippen molar-refractivity contribution in [2.75, 3.05) is 44.2 Å². The van der Waals surface area contributed by atoms with Crippen molar-refractivity contribution < 1.29 is 9.13 Å². The van der Waals surface area contributed by atoms with E-state index in [0.29, 0.717) is 12.4 Å². The topological polar surface area (TPSA) is 99.1 Å². The van der Waals surface area contributed by atoms with Gasteiger partial charge in [-0.25, -0.2) is 9.37 Å². The average Bonchev–Trinajstić information content (AvgIpc) is 3.78. The number of likely N-dealkylation sites (tertiary alicyclic amines) is 1. The summed E-state index contributed by atoms with van der Waals surface area (Å²) in [6, 6.07) is 23.8. The summed E-state index contributed by atoms with van der Waals surface area (Å²) in [5.41, 5.74) is 13.3. The molecule has 0 radical (unpaired) electrons. The quantitative estimate of drug-likeness (QED) is 0.150. The summed E-state index contributed by atoms with van der Waals surface area (Å²) < 4.78 is 22.0. The molecule has 3 aromatic heterocycles. The minimum Gasteiger partial charge on any atom is -0.492 e. The molecule has 228 valence electrons. The van der Waals surface area contributed by atoms with Gasteiger partial charge in [0.05, 0.1) is 16.9 Å². The van der Waals surface area contributed by atoms with Crippen LogP contribution in [-0.4, -0.2) is 70.4 Å². The number of hydrogen-bond donors (Lipinski definition) is 3. The minimum atomic E-state index is -0.313. The van der Waals surface area contributed by atoms with E-state index in [9.17, 15) is 4.39 Å². The van der Waals surface area contributed by atoms with Crippen LogP contribution in [0, 0.1) is 9.39 Å². The predicted octanol–water partition coefficient (Wildman–Crippen LogP) is 6.81. The molecule has 8 nitrogen and oxygen atoms in total. The second-order valence-corrected chi connectivity index (χ2v) is 13.3. The third-order valence-corrected chi connectivity index (χ3v) is 9.47. The van der Waals surface area contributed by atoms with Gasteiger partial charge in [-0.3, -0.25) is 10.00 Å². The maximum atomic E-state index is 14.8. The number of H-pyrrole nitrogens is 2. The van der Waals surface area contributed by atoms with Crippen LogP contribution in [0.25, 0.3) is 55.6 Å². The smallest absolute Gasteiger partial charge is 0.130 e. The predicted molar refractivity (Wildman–Crippen MR) is 186 cm³/mol. The molecule has 10 heteroatoms. The van der Waals surface area contributed by atoms with Crippen molar-refractivity contribution in [3.63, 3.8) is 0 Å². The van der Waals surface area contributed by atoms with E-state index in [2.05, 4.69) is 72.8 Å². The molecule has 2 aliphatic heterocycles. The van der Waals surface area contributed by atoms with Crippen LogP contribution in [0.3, 0.4) is 0 Å². The summed E-state index contributed by atoms with van der Waals surface area (Å²) in [6.45, 7) is 5.27. The van der Waals surface area contributed by atoms with Crippen LogP contribution in [-0.2, 0) is 0 Å². The number of pyridine rings is 1. The lowest BCUT2D eigenvalue weighted by atomic mass is 10.0. The summed E-state index contributed by atoms with van der Waals surface area (Å²) in [4.78, 5) is 13.1. The Labute approximate surface area is 273 Å².